The SMILES string of the molecule is CC1(C)OCC(C(CC(=O)COC(=O)C(C)(F)F)C2COC3(CCCCC3)O2)O1. The van der Waals surface area contributed by atoms with Crippen molar-refractivity contribution in [1.29, 1.82) is 0 Å². The van der Waals surface area contributed by atoms with Gasteiger partial charge < -0.3 is 23.7 Å². The molecular formula is C20H30F2O7. The Morgan fingerprint density at radius 1 is 1.07 bits per heavy atom. The minimum absolute atomic E-state index is 0.0449. The number of carbonyl (C=O) groups is 2. The van der Waals surface area contributed by atoms with Crippen molar-refractivity contribution in [2.24, 2.45) is 5.92 Å². The Hall–Kier alpha value is -1.16. The van der Waals surface area contributed by atoms with Gasteiger partial charge in [0.2, 0.25) is 0 Å². The van der Waals surface area contributed by atoms with Gasteiger partial charge in [0, 0.05) is 32.1 Å². The van der Waals surface area contributed by atoms with Crippen molar-refractivity contribution in [3.05, 3.63) is 0 Å². The van der Waals surface area contributed by atoms with Gasteiger partial charge >= 0.3 is 11.9 Å². The van der Waals surface area contributed by atoms with E-state index in [4.69, 9.17) is 18.9 Å². The van der Waals surface area contributed by atoms with Gasteiger partial charge in [-0.05, 0) is 26.7 Å². The van der Waals surface area contributed by atoms with Crippen LogP contribution in [0.5, 0.6) is 0 Å². The third-order valence-corrected chi connectivity index (χ3v) is 5.66. The molecule has 1 saturated carbocycles. The molecule has 3 atom stereocenters. The molecule has 0 aromatic heterocycles. The Morgan fingerprint density at radius 2 is 1.69 bits per heavy atom. The summed E-state index contributed by atoms with van der Waals surface area (Å²) in [5.74, 6) is -7.63. The van der Waals surface area contributed by atoms with Crippen LogP contribution in [-0.4, -0.2) is 61.3 Å². The molecule has 2 saturated heterocycles. The van der Waals surface area contributed by atoms with Crippen LogP contribution < -0.4 is 0 Å². The molecule has 3 rings (SSSR count). The van der Waals surface area contributed by atoms with Gasteiger partial charge in [0.1, 0.15) is 6.61 Å². The zero-order valence-electron chi connectivity index (χ0n) is 17.2. The van der Waals surface area contributed by atoms with E-state index in [2.05, 4.69) is 4.74 Å². The monoisotopic (exact) mass is 420 g/mol. The molecule has 0 aromatic rings. The Morgan fingerprint density at radius 3 is 2.28 bits per heavy atom. The normalized spacial score (nSPS) is 29.7. The van der Waals surface area contributed by atoms with Crippen molar-refractivity contribution in [2.75, 3.05) is 19.8 Å². The van der Waals surface area contributed by atoms with E-state index >= 15 is 0 Å². The standard InChI is InChI=1S/C20H30F2O7/c1-18(2)26-11-15(28-18)14(9-13(23)10-25-17(24)19(3,21)22)16-12-27-20(29-16)7-5-4-6-8-20/h14-16H,4-12H2,1-3H3. The van der Waals surface area contributed by atoms with Gasteiger partial charge in [-0.15, -0.1) is 0 Å². The first-order valence-corrected chi connectivity index (χ1v) is 10.2. The molecule has 0 N–H and O–H groups in total. The summed E-state index contributed by atoms with van der Waals surface area (Å²) in [5, 5.41) is 0. The first-order valence-electron chi connectivity index (χ1n) is 10.2. The molecule has 0 radical (unpaired) electrons. The Balaban J connectivity index is 1.64. The molecule has 0 aromatic carbocycles. The molecular weight excluding hydrogens is 390 g/mol. The Labute approximate surface area is 169 Å². The van der Waals surface area contributed by atoms with Gasteiger partial charge in [-0.3, -0.25) is 4.79 Å². The first kappa shape index (κ1) is 22.5. The van der Waals surface area contributed by atoms with E-state index < -0.39 is 47.9 Å². The molecule has 29 heavy (non-hydrogen) atoms. The third kappa shape index (κ3) is 5.71. The van der Waals surface area contributed by atoms with Gasteiger partial charge in [-0.25, -0.2) is 4.79 Å². The predicted octanol–water partition coefficient (Wildman–Crippen LogP) is 2.99. The number of ether oxygens (including phenoxy) is 5. The van der Waals surface area contributed by atoms with Gasteiger partial charge in [0.25, 0.3) is 0 Å². The molecule has 1 spiro atoms. The minimum atomic E-state index is -3.64. The number of ketones is 1. The number of hydrogen-bond donors (Lipinski definition) is 0. The van der Waals surface area contributed by atoms with Crippen LogP contribution in [0.1, 0.15) is 59.3 Å². The highest BCUT2D eigenvalue weighted by Gasteiger charge is 2.49. The van der Waals surface area contributed by atoms with Gasteiger partial charge in [-0.2, -0.15) is 8.78 Å². The van der Waals surface area contributed by atoms with Crippen LogP contribution >= 0.6 is 0 Å². The highest BCUT2D eigenvalue weighted by Crippen LogP contribution is 2.42. The number of halogens is 2. The molecule has 166 valence electrons. The average Bonchev–Trinajstić information content (AvgIpc) is 3.20. The van der Waals surface area contributed by atoms with E-state index in [-0.39, 0.29) is 19.1 Å². The summed E-state index contributed by atoms with van der Waals surface area (Å²) in [6.07, 6.45) is 3.95. The molecule has 9 heteroatoms. The van der Waals surface area contributed by atoms with Crippen LogP contribution in [0.25, 0.3) is 0 Å². The number of esters is 1. The minimum Gasteiger partial charge on any atom is -0.453 e. The lowest BCUT2D eigenvalue weighted by Gasteiger charge is -2.33. The molecule has 0 bridgehead atoms. The molecule has 1 aliphatic carbocycles. The molecule has 7 nitrogen and oxygen atoms in total. The topological polar surface area (TPSA) is 80.3 Å². The van der Waals surface area contributed by atoms with Crippen LogP contribution in [0.3, 0.4) is 0 Å². The summed E-state index contributed by atoms with van der Waals surface area (Å²) in [7, 11) is 0. The highest BCUT2D eigenvalue weighted by atomic mass is 19.3. The fourth-order valence-electron chi connectivity index (χ4n) is 4.16. The maximum Gasteiger partial charge on any atom is 0.377 e. The summed E-state index contributed by atoms with van der Waals surface area (Å²) >= 11 is 0. The van der Waals surface area contributed by atoms with E-state index in [0.29, 0.717) is 13.5 Å². The second kappa shape index (κ2) is 8.53. The van der Waals surface area contributed by atoms with Crippen molar-refractivity contribution in [3.8, 4) is 0 Å². The smallest absolute Gasteiger partial charge is 0.377 e. The fraction of sp³-hybridized carbons (Fsp3) is 0.900. The summed E-state index contributed by atoms with van der Waals surface area (Å²) in [4.78, 5) is 23.7. The first-order chi connectivity index (χ1) is 13.5. The summed E-state index contributed by atoms with van der Waals surface area (Å²) in [6, 6.07) is 0. The van der Waals surface area contributed by atoms with Crippen molar-refractivity contribution >= 4 is 11.8 Å². The van der Waals surface area contributed by atoms with Crippen LogP contribution in [0.4, 0.5) is 8.78 Å². The maximum absolute atomic E-state index is 12.9. The molecule has 3 aliphatic rings. The quantitative estimate of drug-likeness (QED) is 0.586. The summed E-state index contributed by atoms with van der Waals surface area (Å²) in [5.41, 5.74) is 0. The second-order valence-corrected chi connectivity index (χ2v) is 8.68. The second-order valence-electron chi connectivity index (χ2n) is 8.68. The van der Waals surface area contributed by atoms with Crippen LogP contribution in [0.2, 0.25) is 0 Å². The number of hydrogen-bond acceptors (Lipinski definition) is 7. The molecule has 2 heterocycles. The predicted molar refractivity (Wildman–Crippen MR) is 96.2 cm³/mol. The van der Waals surface area contributed by atoms with Crippen molar-refractivity contribution in [3.63, 3.8) is 0 Å². The zero-order chi connectivity index (χ0) is 21.3. The van der Waals surface area contributed by atoms with E-state index in [1.165, 1.54) is 0 Å². The van der Waals surface area contributed by atoms with Crippen LogP contribution in [-0.2, 0) is 33.3 Å². The van der Waals surface area contributed by atoms with E-state index in [1.54, 1.807) is 13.8 Å². The highest BCUT2D eigenvalue weighted by molar-refractivity contribution is 5.84. The van der Waals surface area contributed by atoms with E-state index in [0.717, 1.165) is 32.1 Å². The van der Waals surface area contributed by atoms with Gasteiger partial charge in [0.05, 0.1) is 25.4 Å². The molecule has 3 fully saturated rings. The number of alkyl halides is 2. The summed E-state index contributed by atoms with van der Waals surface area (Å²) < 4.78 is 54.2. The van der Waals surface area contributed by atoms with Crippen molar-refractivity contribution in [1.82, 2.24) is 0 Å². The lowest BCUT2D eigenvalue weighted by Crippen LogP contribution is -2.40. The Bertz CT molecular complexity index is 610. The number of Topliss-reactive ketones (excluding diaryl/α,β-unsaturated/α-hetero) is 1. The number of carbonyl (C=O) groups excluding carboxylic acids is 2. The van der Waals surface area contributed by atoms with Gasteiger partial charge in [-0.1, -0.05) is 6.42 Å². The van der Waals surface area contributed by atoms with E-state index in [1.807, 2.05) is 0 Å². The van der Waals surface area contributed by atoms with Crippen LogP contribution in [0.15, 0.2) is 0 Å². The zero-order valence-corrected chi connectivity index (χ0v) is 17.2. The Kier molecular flexibility index (Phi) is 6.62. The third-order valence-electron chi connectivity index (χ3n) is 5.66. The van der Waals surface area contributed by atoms with Crippen molar-refractivity contribution in [2.45, 2.75) is 89.0 Å². The van der Waals surface area contributed by atoms with Gasteiger partial charge in [0.15, 0.2) is 17.4 Å². The van der Waals surface area contributed by atoms with Crippen LogP contribution in [0, 0.1) is 5.92 Å². The lowest BCUT2D eigenvalue weighted by atomic mass is 9.90. The fourth-order valence-corrected chi connectivity index (χ4v) is 4.16. The largest absolute Gasteiger partial charge is 0.453 e. The average molecular weight is 420 g/mol. The molecule has 0 amide bonds. The summed E-state index contributed by atoms with van der Waals surface area (Å²) in [6.45, 7) is 3.89. The lowest BCUT2D eigenvalue weighted by molar-refractivity contribution is -0.199. The maximum atomic E-state index is 12.9. The molecule has 2 aliphatic heterocycles. The van der Waals surface area contributed by atoms with Crippen molar-refractivity contribution < 1.29 is 42.1 Å². The van der Waals surface area contributed by atoms with E-state index in [9.17, 15) is 18.4 Å². The molecule has 3 unspecified atom stereocenters. The number of rotatable bonds is 7.